The van der Waals surface area contributed by atoms with Gasteiger partial charge in [0.15, 0.2) is 6.61 Å². The van der Waals surface area contributed by atoms with E-state index in [9.17, 15) is 14.4 Å². The van der Waals surface area contributed by atoms with Gasteiger partial charge in [-0.2, -0.15) is 0 Å². The normalized spacial score (nSPS) is 10.4. The van der Waals surface area contributed by atoms with E-state index in [1.165, 1.54) is 20.3 Å². The number of aryl methyl sites for hydroxylation is 2. The average Bonchev–Trinajstić information content (AvgIpc) is 2.72. The summed E-state index contributed by atoms with van der Waals surface area (Å²) in [5.41, 5.74) is 3.10. The van der Waals surface area contributed by atoms with Crippen molar-refractivity contribution in [2.75, 3.05) is 26.1 Å². The Kier molecular flexibility index (Phi) is 7.99. The Hall–Kier alpha value is -3.81. The summed E-state index contributed by atoms with van der Waals surface area (Å²) in [7, 11) is 3.03. The largest absolute Gasteiger partial charge is 0.497 e. The second-order valence-corrected chi connectivity index (χ2v) is 6.37. The minimum absolute atomic E-state index is 0.542. The summed E-state index contributed by atoms with van der Waals surface area (Å²) in [4.78, 5) is 35.6. The van der Waals surface area contributed by atoms with E-state index in [4.69, 9.17) is 14.2 Å². The van der Waals surface area contributed by atoms with Gasteiger partial charge in [0.05, 0.1) is 14.2 Å². The van der Waals surface area contributed by atoms with Crippen LogP contribution in [0.5, 0.6) is 11.5 Å². The molecular formula is C22H24N2O6. The van der Waals surface area contributed by atoms with Crippen molar-refractivity contribution in [2.24, 2.45) is 0 Å². The molecule has 0 radical (unpaired) electrons. The summed E-state index contributed by atoms with van der Waals surface area (Å²) in [5.74, 6) is -0.360. The number of ether oxygens (including phenoxy) is 3. The molecule has 0 aliphatic rings. The molecule has 158 valence electrons. The van der Waals surface area contributed by atoms with Crippen molar-refractivity contribution in [3.63, 3.8) is 0 Å². The quantitative estimate of drug-likeness (QED) is 0.535. The number of hydrogen-bond acceptors (Lipinski definition) is 6. The summed E-state index contributed by atoms with van der Waals surface area (Å²) in [6.07, 6.45) is 2.63. The van der Waals surface area contributed by atoms with E-state index < -0.39 is 24.5 Å². The lowest BCUT2D eigenvalue weighted by atomic mass is 10.1. The molecule has 2 rings (SSSR count). The molecular weight excluding hydrogens is 388 g/mol. The van der Waals surface area contributed by atoms with Crippen LogP contribution in [0.25, 0.3) is 6.08 Å². The summed E-state index contributed by atoms with van der Waals surface area (Å²) in [6, 6.07) is 9.89. The van der Waals surface area contributed by atoms with Gasteiger partial charge in [-0.05, 0) is 49.8 Å². The maximum absolute atomic E-state index is 11.9. The average molecular weight is 412 g/mol. The standard InChI is InChI=1S/C22H24N2O6/c1-14-5-8-18(15(2)11-14)23-22(27)24-20(25)13-30-21(26)10-6-16-12-17(28-3)7-9-19(16)29-4/h5-12H,13H2,1-4H3,(H2,23,24,25,27)/b10-6+. The van der Waals surface area contributed by atoms with Crippen LogP contribution in [0.4, 0.5) is 10.5 Å². The van der Waals surface area contributed by atoms with Crippen molar-refractivity contribution >= 4 is 29.7 Å². The van der Waals surface area contributed by atoms with Crippen LogP contribution in [0.15, 0.2) is 42.5 Å². The molecule has 2 aromatic carbocycles. The first-order valence-corrected chi connectivity index (χ1v) is 9.07. The molecule has 0 heterocycles. The van der Waals surface area contributed by atoms with Gasteiger partial charge < -0.3 is 19.5 Å². The highest BCUT2D eigenvalue weighted by Gasteiger charge is 2.11. The Morgan fingerprint density at radius 1 is 1.00 bits per heavy atom. The minimum atomic E-state index is -0.752. The highest BCUT2D eigenvalue weighted by Crippen LogP contribution is 2.25. The third-order valence-electron chi connectivity index (χ3n) is 4.06. The van der Waals surface area contributed by atoms with Gasteiger partial charge in [-0.1, -0.05) is 17.7 Å². The SMILES string of the molecule is COc1ccc(OC)c(/C=C/C(=O)OCC(=O)NC(=O)Nc2ccc(C)cc2C)c1. The molecule has 3 amide bonds. The number of urea groups is 1. The van der Waals surface area contributed by atoms with Crippen LogP contribution < -0.4 is 20.1 Å². The van der Waals surface area contributed by atoms with Gasteiger partial charge >= 0.3 is 12.0 Å². The number of carbonyl (C=O) groups is 3. The highest BCUT2D eigenvalue weighted by atomic mass is 16.5. The van der Waals surface area contributed by atoms with Gasteiger partial charge in [0.2, 0.25) is 0 Å². The third kappa shape index (κ3) is 6.66. The van der Waals surface area contributed by atoms with Crippen LogP contribution in [0.3, 0.4) is 0 Å². The van der Waals surface area contributed by atoms with Gasteiger partial charge in [-0.25, -0.2) is 9.59 Å². The molecule has 30 heavy (non-hydrogen) atoms. The monoisotopic (exact) mass is 412 g/mol. The fourth-order valence-electron chi connectivity index (χ4n) is 2.58. The molecule has 2 N–H and O–H groups in total. The summed E-state index contributed by atoms with van der Waals surface area (Å²) >= 11 is 0. The fourth-order valence-corrected chi connectivity index (χ4v) is 2.58. The molecule has 0 saturated carbocycles. The third-order valence-corrected chi connectivity index (χ3v) is 4.06. The van der Waals surface area contributed by atoms with Crippen molar-refractivity contribution in [3.05, 3.63) is 59.2 Å². The van der Waals surface area contributed by atoms with Crippen LogP contribution in [0.1, 0.15) is 16.7 Å². The Labute approximate surface area is 174 Å². The number of rotatable bonds is 7. The van der Waals surface area contributed by atoms with Crippen molar-refractivity contribution in [3.8, 4) is 11.5 Å². The van der Waals surface area contributed by atoms with E-state index >= 15 is 0 Å². The Balaban J connectivity index is 1.85. The predicted molar refractivity (Wildman–Crippen MR) is 113 cm³/mol. The number of hydrogen-bond donors (Lipinski definition) is 2. The first-order valence-electron chi connectivity index (χ1n) is 9.07. The zero-order chi connectivity index (χ0) is 22.1. The molecule has 0 spiro atoms. The number of anilines is 1. The van der Waals surface area contributed by atoms with Crippen molar-refractivity contribution < 1.29 is 28.6 Å². The summed E-state index contributed by atoms with van der Waals surface area (Å²) in [6.45, 7) is 3.18. The van der Waals surface area contributed by atoms with E-state index in [0.29, 0.717) is 22.7 Å². The molecule has 2 aromatic rings. The maximum Gasteiger partial charge on any atom is 0.331 e. The lowest BCUT2D eigenvalue weighted by Gasteiger charge is -2.10. The predicted octanol–water partition coefficient (Wildman–Crippen LogP) is 3.23. The molecule has 0 aromatic heterocycles. The Bertz CT molecular complexity index is 968. The van der Waals surface area contributed by atoms with Crippen LogP contribution in [-0.2, 0) is 14.3 Å². The van der Waals surface area contributed by atoms with Crippen LogP contribution in [0.2, 0.25) is 0 Å². The number of amides is 3. The fraction of sp³-hybridized carbons (Fsp3) is 0.227. The summed E-state index contributed by atoms with van der Waals surface area (Å²) in [5, 5.41) is 4.68. The molecule has 0 aliphatic heterocycles. The van der Waals surface area contributed by atoms with E-state index in [-0.39, 0.29) is 0 Å². The van der Waals surface area contributed by atoms with E-state index in [1.807, 2.05) is 26.0 Å². The number of carbonyl (C=O) groups excluding carboxylic acids is 3. The number of nitrogens with one attached hydrogen (secondary N) is 2. The Morgan fingerprint density at radius 3 is 2.43 bits per heavy atom. The zero-order valence-electron chi connectivity index (χ0n) is 17.3. The second-order valence-electron chi connectivity index (χ2n) is 6.37. The topological polar surface area (TPSA) is 103 Å². The van der Waals surface area contributed by atoms with Gasteiger partial charge in [0, 0.05) is 17.3 Å². The molecule has 8 heteroatoms. The van der Waals surface area contributed by atoms with Crippen molar-refractivity contribution in [2.45, 2.75) is 13.8 Å². The zero-order valence-corrected chi connectivity index (χ0v) is 17.3. The smallest absolute Gasteiger partial charge is 0.331 e. The van der Waals surface area contributed by atoms with Crippen molar-refractivity contribution in [1.82, 2.24) is 5.32 Å². The van der Waals surface area contributed by atoms with Crippen LogP contribution in [-0.4, -0.2) is 38.7 Å². The molecule has 8 nitrogen and oxygen atoms in total. The number of esters is 1. The molecule has 0 fully saturated rings. The molecule has 0 unspecified atom stereocenters. The number of methoxy groups -OCH3 is 2. The minimum Gasteiger partial charge on any atom is -0.497 e. The maximum atomic E-state index is 11.9. The number of benzene rings is 2. The van der Waals surface area contributed by atoms with Gasteiger partial charge in [-0.15, -0.1) is 0 Å². The van der Waals surface area contributed by atoms with Gasteiger partial charge in [0.25, 0.3) is 5.91 Å². The van der Waals surface area contributed by atoms with Crippen LogP contribution >= 0.6 is 0 Å². The van der Waals surface area contributed by atoms with E-state index in [0.717, 1.165) is 17.2 Å². The van der Waals surface area contributed by atoms with E-state index in [1.54, 1.807) is 24.3 Å². The van der Waals surface area contributed by atoms with Crippen LogP contribution in [0, 0.1) is 13.8 Å². The van der Waals surface area contributed by atoms with E-state index in [2.05, 4.69) is 10.6 Å². The second kappa shape index (κ2) is 10.7. The summed E-state index contributed by atoms with van der Waals surface area (Å²) < 4.78 is 15.2. The molecule has 0 atom stereocenters. The number of imide groups is 1. The molecule has 0 aliphatic carbocycles. The van der Waals surface area contributed by atoms with Gasteiger partial charge in [0.1, 0.15) is 11.5 Å². The molecule has 0 bridgehead atoms. The van der Waals surface area contributed by atoms with Crippen molar-refractivity contribution in [1.29, 1.82) is 0 Å². The Morgan fingerprint density at radius 2 is 1.77 bits per heavy atom. The van der Waals surface area contributed by atoms with Gasteiger partial charge in [-0.3, -0.25) is 10.1 Å². The molecule has 0 saturated heterocycles. The highest BCUT2D eigenvalue weighted by molar-refractivity contribution is 6.02. The first-order chi connectivity index (χ1) is 14.3. The lowest BCUT2D eigenvalue weighted by molar-refractivity contribution is -0.143. The first kappa shape index (κ1) is 22.5. The lowest BCUT2D eigenvalue weighted by Crippen LogP contribution is -2.37.